The van der Waals surface area contributed by atoms with E-state index in [-0.39, 0.29) is 11.0 Å². The first-order valence-electron chi connectivity index (χ1n) is 4.20. The first-order valence-corrected chi connectivity index (χ1v) is 6.24. The minimum atomic E-state index is -0.298. The lowest BCUT2D eigenvalue weighted by Gasteiger charge is -2.09. The Kier molecular flexibility index (Phi) is 5.19. The fourth-order valence-corrected chi connectivity index (χ4v) is 2.33. The molecule has 1 aromatic carbocycles. The quantitative estimate of drug-likeness (QED) is 0.628. The number of halogens is 2. The molecule has 1 rings (SSSR count). The van der Waals surface area contributed by atoms with Gasteiger partial charge in [-0.3, -0.25) is 0 Å². The van der Waals surface area contributed by atoms with Crippen LogP contribution in [0.1, 0.15) is 16.8 Å². The lowest BCUT2D eigenvalue weighted by Crippen LogP contribution is -2.12. The van der Waals surface area contributed by atoms with E-state index in [9.17, 15) is 4.79 Å². The van der Waals surface area contributed by atoms with E-state index in [1.807, 2.05) is 18.2 Å². The van der Waals surface area contributed by atoms with Gasteiger partial charge in [-0.25, -0.2) is 4.79 Å². The molecule has 0 bridgehead atoms. The molecule has 76 valence electrons. The van der Waals surface area contributed by atoms with Gasteiger partial charge in [0.25, 0.3) is 0 Å². The summed E-state index contributed by atoms with van der Waals surface area (Å²) in [6.45, 7) is 0. The summed E-state index contributed by atoms with van der Waals surface area (Å²) in [5.74, 6) is -0.298. The van der Waals surface area contributed by atoms with Crippen molar-refractivity contribution in [2.24, 2.45) is 0 Å². The number of rotatable bonds is 4. The van der Waals surface area contributed by atoms with Gasteiger partial charge >= 0.3 is 5.97 Å². The van der Waals surface area contributed by atoms with E-state index < -0.39 is 0 Å². The largest absolute Gasteiger partial charge is 0.447 e. The van der Waals surface area contributed by atoms with Crippen molar-refractivity contribution in [3.63, 3.8) is 0 Å². The van der Waals surface area contributed by atoms with E-state index in [2.05, 4.69) is 31.9 Å². The predicted molar refractivity (Wildman–Crippen MR) is 63.0 cm³/mol. The SMILES string of the molecule is O=C(OC(Br)CCBr)c1ccccc1. The second-order valence-electron chi connectivity index (χ2n) is 2.66. The summed E-state index contributed by atoms with van der Waals surface area (Å²) >= 11 is 6.54. The summed E-state index contributed by atoms with van der Waals surface area (Å²) in [6.07, 6.45) is 0.749. The summed E-state index contributed by atoms with van der Waals surface area (Å²) in [6, 6.07) is 8.95. The predicted octanol–water partition coefficient (Wildman–Crippen LogP) is 3.35. The molecule has 1 atom stereocenters. The van der Waals surface area contributed by atoms with Crippen LogP contribution in [-0.4, -0.2) is 16.3 Å². The molecule has 14 heavy (non-hydrogen) atoms. The second-order valence-corrected chi connectivity index (χ2v) is 4.47. The molecule has 0 aromatic heterocycles. The highest BCUT2D eigenvalue weighted by Gasteiger charge is 2.11. The van der Waals surface area contributed by atoms with Crippen molar-refractivity contribution in [3.05, 3.63) is 35.9 Å². The molecule has 0 fully saturated rings. The Hall–Kier alpha value is -0.350. The Bertz CT molecular complexity index is 287. The Morgan fingerprint density at radius 2 is 2.00 bits per heavy atom. The lowest BCUT2D eigenvalue weighted by atomic mass is 10.2. The standard InChI is InChI=1S/C10H10Br2O2/c11-7-6-9(12)14-10(13)8-4-2-1-3-5-8/h1-5,9H,6-7H2. The molecule has 1 unspecified atom stereocenters. The molecule has 1 aromatic rings. The van der Waals surface area contributed by atoms with Crippen molar-refractivity contribution in [1.29, 1.82) is 0 Å². The molecule has 0 radical (unpaired) electrons. The maximum atomic E-state index is 11.5. The molecule has 2 nitrogen and oxygen atoms in total. The van der Waals surface area contributed by atoms with Gasteiger partial charge in [-0.1, -0.05) is 34.1 Å². The Morgan fingerprint density at radius 1 is 1.36 bits per heavy atom. The monoisotopic (exact) mass is 320 g/mol. The van der Waals surface area contributed by atoms with Gasteiger partial charge in [-0.2, -0.15) is 0 Å². The number of carbonyl (C=O) groups excluding carboxylic acids is 1. The fraction of sp³-hybridized carbons (Fsp3) is 0.300. The second kappa shape index (κ2) is 6.19. The fourth-order valence-electron chi connectivity index (χ4n) is 0.903. The van der Waals surface area contributed by atoms with Crippen LogP contribution < -0.4 is 0 Å². The number of hydrogen-bond donors (Lipinski definition) is 0. The molecule has 0 saturated heterocycles. The number of benzene rings is 1. The molecular formula is C10H10Br2O2. The number of hydrogen-bond acceptors (Lipinski definition) is 2. The summed E-state index contributed by atoms with van der Waals surface area (Å²) < 4.78 is 5.12. The molecule has 4 heteroatoms. The molecule has 0 saturated carbocycles. The number of carbonyl (C=O) groups is 1. The average Bonchev–Trinajstić information content (AvgIpc) is 2.19. The molecule has 0 aliphatic carbocycles. The van der Waals surface area contributed by atoms with Gasteiger partial charge in [0.15, 0.2) is 5.01 Å². The zero-order valence-electron chi connectivity index (χ0n) is 7.45. The van der Waals surface area contributed by atoms with Gasteiger partial charge in [0.1, 0.15) is 0 Å². The van der Waals surface area contributed by atoms with Crippen LogP contribution in [0.3, 0.4) is 0 Å². The lowest BCUT2D eigenvalue weighted by molar-refractivity contribution is 0.0466. The minimum absolute atomic E-state index is 0.227. The molecule has 0 amide bonds. The Balaban J connectivity index is 2.51. The summed E-state index contributed by atoms with van der Waals surface area (Å²) in [5, 5.41) is 0.569. The van der Waals surface area contributed by atoms with E-state index in [4.69, 9.17) is 4.74 Å². The maximum Gasteiger partial charge on any atom is 0.339 e. The van der Waals surface area contributed by atoms with Crippen LogP contribution in [0.5, 0.6) is 0 Å². The molecular weight excluding hydrogens is 312 g/mol. The van der Waals surface area contributed by atoms with Gasteiger partial charge in [-0.15, -0.1) is 0 Å². The third kappa shape index (κ3) is 3.80. The smallest absolute Gasteiger partial charge is 0.339 e. The minimum Gasteiger partial charge on any atom is -0.447 e. The van der Waals surface area contributed by atoms with Crippen molar-refractivity contribution in [3.8, 4) is 0 Å². The van der Waals surface area contributed by atoms with Crippen molar-refractivity contribution in [1.82, 2.24) is 0 Å². The van der Waals surface area contributed by atoms with Crippen molar-refractivity contribution < 1.29 is 9.53 Å². The number of alkyl halides is 2. The molecule has 0 aliphatic rings. The molecule has 0 aliphatic heterocycles. The number of esters is 1. The van der Waals surface area contributed by atoms with E-state index >= 15 is 0 Å². The van der Waals surface area contributed by atoms with Gasteiger partial charge in [0.2, 0.25) is 0 Å². The maximum absolute atomic E-state index is 11.5. The zero-order valence-corrected chi connectivity index (χ0v) is 10.6. The van der Waals surface area contributed by atoms with E-state index in [0.29, 0.717) is 5.56 Å². The Labute approximate surface area is 99.9 Å². The van der Waals surface area contributed by atoms with Crippen LogP contribution in [-0.2, 0) is 4.74 Å². The average molecular weight is 322 g/mol. The Morgan fingerprint density at radius 3 is 2.57 bits per heavy atom. The highest BCUT2D eigenvalue weighted by atomic mass is 79.9. The van der Waals surface area contributed by atoms with E-state index in [1.165, 1.54) is 0 Å². The van der Waals surface area contributed by atoms with E-state index in [0.717, 1.165) is 11.8 Å². The van der Waals surface area contributed by atoms with Crippen molar-refractivity contribution in [2.75, 3.05) is 5.33 Å². The normalized spacial score (nSPS) is 12.1. The van der Waals surface area contributed by atoms with Crippen LogP contribution in [0.4, 0.5) is 0 Å². The number of ether oxygens (including phenoxy) is 1. The van der Waals surface area contributed by atoms with Crippen LogP contribution in [0.2, 0.25) is 0 Å². The van der Waals surface area contributed by atoms with Crippen LogP contribution in [0, 0.1) is 0 Å². The van der Waals surface area contributed by atoms with Crippen molar-refractivity contribution in [2.45, 2.75) is 11.4 Å². The van der Waals surface area contributed by atoms with Gasteiger partial charge in [0, 0.05) is 11.8 Å². The zero-order chi connectivity index (χ0) is 10.4. The third-order valence-electron chi connectivity index (χ3n) is 1.58. The van der Waals surface area contributed by atoms with Crippen molar-refractivity contribution >= 4 is 37.8 Å². The van der Waals surface area contributed by atoms with Gasteiger partial charge in [-0.05, 0) is 28.1 Å². The molecule has 0 spiro atoms. The topological polar surface area (TPSA) is 26.3 Å². The summed E-state index contributed by atoms with van der Waals surface area (Å²) in [7, 11) is 0. The highest BCUT2D eigenvalue weighted by Crippen LogP contribution is 2.12. The van der Waals surface area contributed by atoms with Gasteiger partial charge < -0.3 is 4.74 Å². The van der Waals surface area contributed by atoms with Gasteiger partial charge in [0.05, 0.1) is 5.56 Å². The third-order valence-corrected chi connectivity index (χ3v) is 2.68. The van der Waals surface area contributed by atoms with Crippen LogP contribution in [0.25, 0.3) is 0 Å². The summed E-state index contributed by atoms with van der Waals surface area (Å²) in [5.41, 5.74) is 0.575. The molecule has 0 heterocycles. The van der Waals surface area contributed by atoms with Crippen LogP contribution in [0.15, 0.2) is 30.3 Å². The highest BCUT2D eigenvalue weighted by molar-refractivity contribution is 9.10. The first kappa shape index (κ1) is 11.7. The first-order chi connectivity index (χ1) is 6.74. The van der Waals surface area contributed by atoms with Crippen LogP contribution >= 0.6 is 31.9 Å². The molecule has 0 N–H and O–H groups in total. The van der Waals surface area contributed by atoms with E-state index in [1.54, 1.807) is 12.1 Å². The summed E-state index contributed by atoms with van der Waals surface area (Å²) in [4.78, 5) is 11.5.